The van der Waals surface area contributed by atoms with E-state index in [0.29, 0.717) is 12.2 Å². The van der Waals surface area contributed by atoms with Crippen molar-refractivity contribution in [2.75, 3.05) is 13.1 Å². The van der Waals surface area contributed by atoms with E-state index in [-0.39, 0.29) is 0 Å². The zero-order chi connectivity index (χ0) is 16.0. The maximum Gasteiger partial charge on any atom is 0.265 e. The Kier molecular flexibility index (Phi) is 3.16. The summed E-state index contributed by atoms with van der Waals surface area (Å²) in [5.41, 5.74) is 8.86. The molecule has 2 aliphatic rings. The van der Waals surface area contributed by atoms with Crippen molar-refractivity contribution in [3.8, 4) is 17.0 Å². The lowest BCUT2D eigenvalue weighted by Gasteiger charge is -2.41. The van der Waals surface area contributed by atoms with Crippen molar-refractivity contribution in [3.05, 3.63) is 35.8 Å². The zero-order valence-electron chi connectivity index (χ0n) is 13.1. The summed E-state index contributed by atoms with van der Waals surface area (Å²) < 4.78 is 8.41. The summed E-state index contributed by atoms with van der Waals surface area (Å²) in [6, 6.07) is 3.87. The van der Waals surface area contributed by atoms with Gasteiger partial charge >= 0.3 is 0 Å². The minimum atomic E-state index is -0.402. The normalized spacial score (nSPS) is 18.1. The van der Waals surface area contributed by atoms with Gasteiger partial charge in [0.25, 0.3) is 5.91 Å². The number of carbonyl (C=O) groups is 1. The molecule has 23 heavy (non-hydrogen) atoms. The Balaban J connectivity index is 2.02. The summed E-state index contributed by atoms with van der Waals surface area (Å²) in [7, 11) is 0. The second kappa shape index (κ2) is 5.09. The van der Waals surface area contributed by atoms with Crippen molar-refractivity contribution < 1.29 is 9.53 Å². The molecule has 1 amide bonds. The third-order valence-electron chi connectivity index (χ3n) is 4.91. The van der Waals surface area contributed by atoms with Crippen LogP contribution in [-0.2, 0) is 12.1 Å². The molecule has 0 unspecified atom stereocenters. The molecule has 0 atom stereocenters. The van der Waals surface area contributed by atoms with Crippen LogP contribution in [0.1, 0.15) is 35.8 Å². The first-order valence-electron chi connectivity index (χ1n) is 8.04. The lowest BCUT2D eigenvalue weighted by molar-refractivity contribution is 0.0303. The van der Waals surface area contributed by atoms with Crippen LogP contribution in [0.2, 0.25) is 0 Å². The van der Waals surface area contributed by atoms with Crippen molar-refractivity contribution >= 4 is 5.91 Å². The van der Waals surface area contributed by atoms with Gasteiger partial charge in [0, 0.05) is 36.7 Å². The standard InChI is InChI=1S/C17H20N4O2/c1-2-21-13(16(18)22)9-12-15(21)11-3-6-20-10-14(11)23-17(12)4-7-19-8-5-17/h3,6,9-10,19H,2,4-5,7-8H2,1H3,(H2,18,22). The van der Waals surface area contributed by atoms with Crippen LogP contribution in [0.5, 0.6) is 5.75 Å². The number of rotatable bonds is 2. The van der Waals surface area contributed by atoms with Crippen molar-refractivity contribution in [1.82, 2.24) is 14.9 Å². The van der Waals surface area contributed by atoms with Gasteiger partial charge in [-0.1, -0.05) is 0 Å². The van der Waals surface area contributed by atoms with Crippen LogP contribution in [0.3, 0.4) is 0 Å². The first-order valence-corrected chi connectivity index (χ1v) is 8.04. The molecular formula is C17H20N4O2. The lowest BCUT2D eigenvalue weighted by Crippen LogP contribution is -2.45. The van der Waals surface area contributed by atoms with Gasteiger partial charge < -0.3 is 20.4 Å². The van der Waals surface area contributed by atoms with Crippen LogP contribution in [0.4, 0.5) is 0 Å². The molecule has 1 saturated heterocycles. The molecule has 2 aromatic heterocycles. The third-order valence-corrected chi connectivity index (χ3v) is 4.91. The van der Waals surface area contributed by atoms with Crippen molar-refractivity contribution in [3.63, 3.8) is 0 Å². The Hall–Kier alpha value is -2.34. The number of nitrogens with one attached hydrogen (secondary N) is 1. The van der Waals surface area contributed by atoms with Gasteiger partial charge in [0.2, 0.25) is 0 Å². The molecule has 6 nitrogen and oxygen atoms in total. The molecule has 1 fully saturated rings. The second-order valence-corrected chi connectivity index (χ2v) is 6.12. The highest BCUT2D eigenvalue weighted by atomic mass is 16.5. The van der Waals surface area contributed by atoms with E-state index in [4.69, 9.17) is 10.5 Å². The summed E-state index contributed by atoms with van der Waals surface area (Å²) in [6.07, 6.45) is 5.24. The molecule has 0 aromatic carbocycles. The number of hydrogen-bond acceptors (Lipinski definition) is 4. The minimum Gasteiger partial charge on any atom is -0.480 e. The first-order chi connectivity index (χ1) is 11.2. The summed E-state index contributed by atoms with van der Waals surface area (Å²) in [4.78, 5) is 16.1. The van der Waals surface area contributed by atoms with Crippen LogP contribution < -0.4 is 15.8 Å². The van der Waals surface area contributed by atoms with Crippen LogP contribution in [0, 0.1) is 0 Å². The topological polar surface area (TPSA) is 82.2 Å². The summed E-state index contributed by atoms with van der Waals surface area (Å²) in [5.74, 6) is 0.381. The highest BCUT2D eigenvalue weighted by molar-refractivity contribution is 5.94. The number of hydrogen-bond donors (Lipinski definition) is 2. The van der Waals surface area contributed by atoms with E-state index in [9.17, 15) is 4.79 Å². The van der Waals surface area contributed by atoms with Gasteiger partial charge in [-0.2, -0.15) is 0 Å². The maximum absolute atomic E-state index is 11.9. The maximum atomic E-state index is 11.9. The van der Waals surface area contributed by atoms with Crippen LogP contribution in [-0.4, -0.2) is 28.5 Å². The van der Waals surface area contributed by atoms with E-state index in [1.165, 1.54) is 0 Å². The predicted octanol–water partition coefficient (Wildman–Crippen LogP) is 1.64. The first kappa shape index (κ1) is 14.3. The Morgan fingerprint density at radius 2 is 2.26 bits per heavy atom. The van der Waals surface area contributed by atoms with E-state index in [0.717, 1.165) is 48.5 Å². The monoisotopic (exact) mass is 312 g/mol. The number of ether oxygens (including phenoxy) is 1. The molecule has 120 valence electrons. The van der Waals surface area contributed by atoms with Crippen LogP contribution in [0.15, 0.2) is 24.5 Å². The number of nitrogens with two attached hydrogens (primary N) is 1. The van der Waals surface area contributed by atoms with E-state index in [2.05, 4.69) is 10.3 Å². The van der Waals surface area contributed by atoms with E-state index >= 15 is 0 Å². The van der Waals surface area contributed by atoms with Crippen LogP contribution >= 0.6 is 0 Å². The largest absolute Gasteiger partial charge is 0.480 e. The van der Waals surface area contributed by atoms with Gasteiger partial charge in [-0.3, -0.25) is 9.78 Å². The SMILES string of the molecule is CCn1c(C(N)=O)cc2c1-c1ccncc1OC21CCNCC1. The fourth-order valence-electron chi connectivity index (χ4n) is 3.84. The molecule has 0 radical (unpaired) electrons. The molecule has 0 bridgehead atoms. The number of piperidine rings is 1. The van der Waals surface area contributed by atoms with Gasteiger partial charge in [-0.05, 0) is 32.1 Å². The summed E-state index contributed by atoms with van der Waals surface area (Å²) in [5, 5.41) is 3.38. The number of nitrogens with zero attached hydrogens (tertiary/aromatic N) is 2. The van der Waals surface area contributed by atoms with Gasteiger partial charge in [-0.15, -0.1) is 0 Å². The number of amides is 1. The van der Waals surface area contributed by atoms with Gasteiger partial charge in [0.1, 0.15) is 17.0 Å². The molecular weight excluding hydrogens is 292 g/mol. The molecule has 4 rings (SSSR count). The summed E-state index contributed by atoms with van der Waals surface area (Å²) in [6.45, 7) is 4.48. The Morgan fingerprint density at radius 3 is 2.96 bits per heavy atom. The quantitative estimate of drug-likeness (QED) is 0.883. The average Bonchev–Trinajstić information content (AvgIpc) is 2.97. The fraction of sp³-hybridized carbons (Fsp3) is 0.412. The molecule has 0 aliphatic carbocycles. The number of carbonyl (C=O) groups excluding carboxylic acids is 1. The van der Waals surface area contributed by atoms with Gasteiger partial charge in [0.05, 0.1) is 11.9 Å². The Labute approximate surface area is 134 Å². The smallest absolute Gasteiger partial charge is 0.265 e. The molecule has 2 aromatic rings. The van der Waals surface area contributed by atoms with E-state index < -0.39 is 11.5 Å². The minimum absolute atomic E-state index is 0.402. The molecule has 4 heterocycles. The van der Waals surface area contributed by atoms with Gasteiger partial charge in [0.15, 0.2) is 0 Å². The van der Waals surface area contributed by atoms with Crippen LogP contribution in [0.25, 0.3) is 11.3 Å². The average molecular weight is 312 g/mol. The number of aromatic nitrogens is 2. The highest BCUT2D eigenvalue weighted by Crippen LogP contribution is 2.49. The molecule has 2 aliphatic heterocycles. The molecule has 3 N–H and O–H groups in total. The molecule has 0 saturated carbocycles. The number of pyridine rings is 1. The molecule has 6 heteroatoms. The highest BCUT2D eigenvalue weighted by Gasteiger charge is 2.44. The fourth-order valence-corrected chi connectivity index (χ4v) is 3.84. The van der Waals surface area contributed by atoms with E-state index in [1.807, 2.05) is 23.6 Å². The third kappa shape index (κ3) is 1.98. The van der Waals surface area contributed by atoms with E-state index in [1.54, 1.807) is 12.4 Å². The van der Waals surface area contributed by atoms with Crippen molar-refractivity contribution in [2.24, 2.45) is 5.73 Å². The summed E-state index contributed by atoms with van der Waals surface area (Å²) >= 11 is 0. The predicted molar refractivity (Wildman–Crippen MR) is 86.3 cm³/mol. The zero-order valence-corrected chi connectivity index (χ0v) is 13.1. The lowest BCUT2D eigenvalue weighted by atomic mass is 9.81. The van der Waals surface area contributed by atoms with Gasteiger partial charge in [-0.25, -0.2) is 0 Å². The number of primary amides is 1. The number of fused-ring (bicyclic) bond motifs is 4. The molecule has 1 spiro atoms. The Bertz CT molecular complexity index is 775. The van der Waals surface area contributed by atoms with Crippen molar-refractivity contribution in [2.45, 2.75) is 31.9 Å². The Morgan fingerprint density at radius 1 is 1.48 bits per heavy atom. The second-order valence-electron chi connectivity index (χ2n) is 6.12. The van der Waals surface area contributed by atoms with Crippen molar-refractivity contribution in [1.29, 1.82) is 0 Å².